The second-order valence-electron chi connectivity index (χ2n) is 7.67. The monoisotopic (exact) mass is 419 g/mol. The summed E-state index contributed by atoms with van der Waals surface area (Å²) in [6.45, 7) is 7.79. The molecule has 0 radical (unpaired) electrons. The molecule has 3 rings (SSSR count). The third-order valence-corrected chi connectivity index (χ3v) is 4.94. The molecule has 3 heterocycles. The summed E-state index contributed by atoms with van der Waals surface area (Å²) >= 11 is 0. The number of pyridine rings is 2. The minimum atomic E-state index is -1.11. The number of nitrogens with zero attached hydrogens (tertiary/aromatic N) is 4. The van der Waals surface area contributed by atoms with Crippen LogP contribution in [0.1, 0.15) is 57.1 Å². The molecule has 0 saturated carbocycles. The molecule has 160 valence electrons. The number of aryl methyl sites for hydroxylation is 3. The number of carboxylic acid groups (broad SMARTS) is 1. The van der Waals surface area contributed by atoms with Gasteiger partial charge < -0.3 is 10.4 Å². The molecule has 8 heteroatoms. The number of aromatic carboxylic acids is 1. The topological polar surface area (TPSA) is 110 Å². The van der Waals surface area contributed by atoms with Crippen molar-refractivity contribution in [1.82, 2.24) is 19.7 Å². The maximum atomic E-state index is 12.8. The van der Waals surface area contributed by atoms with Gasteiger partial charge in [-0.25, -0.2) is 4.79 Å². The molecule has 0 saturated heterocycles. The van der Waals surface area contributed by atoms with Gasteiger partial charge in [-0.3, -0.25) is 19.4 Å². The van der Waals surface area contributed by atoms with Crippen LogP contribution in [0.15, 0.2) is 36.9 Å². The molecular formula is C23H25N5O3. The van der Waals surface area contributed by atoms with Crippen LogP contribution in [0.5, 0.6) is 0 Å². The fourth-order valence-corrected chi connectivity index (χ4v) is 3.11. The molecule has 1 amide bonds. The Bertz CT molecular complexity index is 1180. The largest absolute Gasteiger partial charge is 0.478 e. The molecule has 0 aromatic carbocycles. The van der Waals surface area contributed by atoms with Gasteiger partial charge >= 0.3 is 5.97 Å². The van der Waals surface area contributed by atoms with Crippen molar-refractivity contribution >= 4 is 29.2 Å². The zero-order valence-electron chi connectivity index (χ0n) is 18.2. The first-order chi connectivity index (χ1) is 14.7. The van der Waals surface area contributed by atoms with Gasteiger partial charge in [0.15, 0.2) is 0 Å². The van der Waals surface area contributed by atoms with E-state index < -0.39 is 5.97 Å². The summed E-state index contributed by atoms with van der Waals surface area (Å²) in [6.07, 6.45) is 8.56. The number of nitrogens with one attached hydrogen (secondary N) is 1. The van der Waals surface area contributed by atoms with Crippen molar-refractivity contribution in [2.75, 3.05) is 5.32 Å². The van der Waals surface area contributed by atoms with Crippen molar-refractivity contribution < 1.29 is 14.7 Å². The van der Waals surface area contributed by atoms with Crippen molar-refractivity contribution in [2.24, 2.45) is 13.0 Å². The van der Waals surface area contributed by atoms with Crippen LogP contribution in [0, 0.1) is 19.8 Å². The Morgan fingerprint density at radius 2 is 1.71 bits per heavy atom. The van der Waals surface area contributed by atoms with Gasteiger partial charge in [-0.1, -0.05) is 13.8 Å². The molecule has 0 bridgehead atoms. The molecule has 0 aliphatic carbocycles. The number of anilines is 1. The number of carboxylic acids is 1. The van der Waals surface area contributed by atoms with Crippen molar-refractivity contribution in [2.45, 2.75) is 27.7 Å². The lowest BCUT2D eigenvalue weighted by atomic mass is 9.94. The van der Waals surface area contributed by atoms with E-state index in [0.717, 1.165) is 22.4 Å². The average Bonchev–Trinajstić information content (AvgIpc) is 3.14. The number of rotatable bonds is 6. The van der Waals surface area contributed by atoms with Gasteiger partial charge in [-0.2, -0.15) is 5.10 Å². The smallest absolute Gasteiger partial charge is 0.337 e. The third kappa shape index (κ3) is 5.03. The van der Waals surface area contributed by atoms with Crippen molar-refractivity contribution in [3.63, 3.8) is 0 Å². The van der Waals surface area contributed by atoms with E-state index in [1.165, 1.54) is 18.5 Å². The summed E-state index contributed by atoms with van der Waals surface area (Å²) in [6, 6.07) is 3.17. The number of aromatic nitrogens is 4. The number of carbonyl (C=O) groups is 2. The number of amides is 1. The third-order valence-electron chi connectivity index (χ3n) is 4.94. The van der Waals surface area contributed by atoms with Gasteiger partial charge in [0, 0.05) is 36.9 Å². The van der Waals surface area contributed by atoms with E-state index in [9.17, 15) is 9.59 Å². The minimum absolute atomic E-state index is 0.00426. The molecule has 0 spiro atoms. The summed E-state index contributed by atoms with van der Waals surface area (Å²) in [5.41, 5.74) is 4.97. The number of hydrogen-bond acceptors (Lipinski definition) is 5. The van der Waals surface area contributed by atoms with Gasteiger partial charge in [0.05, 0.1) is 28.7 Å². The molecule has 0 aliphatic heterocycles. The molecule has 0 atom stereocenters. The highest BCUT2D eigenvalue weighted by molar-refractivity contribution is 6.05. The van der Waals surface area contributed by atoms with Gasteiger partial charge in [0.1, 0.15) is 0 Å². The van der Waals surface area contributed by atoms with Crippen molar-refractivity contribution in [3.8, 4) is 0 Å². The molecule has 0 unspecified atom stereocenters. The Balaban J connectivity index is 1.94. The van der Waals surface area contributed by atoms with Crippen LogP contribution < -0.4 is 5.32 Å². The summed E-state index contributed by atoms with van der Waals surface area (Å²) in [5, 5.41) is 16.2. The SMILES string of the molecule is Cc1ncc(C(=O)Nc2cc(C(=O)O)cnc2C)cc1/C=C(/c1cnn(C)c1)C(C)C. The number of hydrogen-bond donors (Lipinski definition) is 2. The van der Waals surface area contributed by atoms with E-state index in [0.29, 0.717) is 16.9 Å². The van der Waals surface area contributed by atoms with Crippen LogP contribution in [-0.4, -0.2) is 36.7 Å². The first-order valence-corrected chi connectivity index (χ1v) is 9.84. The summed E-state index contributed by atoms with van der Waals surface area (Å²) < 4.78 is 1.75. The summed E-state index contributed by atoms with van der Waals surface area (Å²) in [7, 11) is 1.87. The fraction of sp³-hybridized carbons (Fsp3) is 0.261. The Hall–Kier alpha value is -3.81. The van der Waals surface area contributed by atoms with Crippen LogP contribution in [0.25, 0.3) is 11.6 Å². The van der Waals surface area contributed by atoms with Crippen LogP contribution in [0.2, 0.25) is 0 Å². The zero-order chi connectivity index (χ0) is 22.7. The molecule has 3 aromatic heterocycles. The Labute approximate surface area is 180 Å². The maximum Gasteiger partial charge on any atom is 0.337 e. The predicted octanol–water partition coefficient (Wildman–Crippen LogP) is 3.97. The van der Waals surface area contributed by atoms with Gasteiger partial charge in [-0.15, -0.1) is 0 Å². The molecule has 3 aromatic rings. The quantitative estimate of drug-likeness (QED) is 0.625. The van der Waals surface area contributed by atoms with E-state index in [2.05, 4.69) is 34.2 Å². The second kappa shape index (κ2) is 8.91. The van der Waals surface area contributed by atoms with Crippen molar-refractivity contribution in [3.05, 3.63) is 70.6 Å². The molecule has 0 fully saturated rings. The lowest BCUT2D eigenvalue weighted by Gasteiger charge is -2.12. The molecule has 31 heavy (non-hydrogen) atoms. The van der Waals surface area contributed by atoms with E-state index >= 15 is 0 Å². The predicted molar refractivity (Wildman–Crippen MR) is 119 cm³/mol. The lowest BCUT2D eigenvalue weighted by Crippen LogP contribution is -2.15. The lowest BCUT2D eigenvalue weighted by molar-refractivity contribution is 0.0696. The summed E-state index contributed by atoms with van der Waals surface area (Å²) in [5.74, 6) is -1.25. The van der Waals surface area contributed by atoms with Gasteiger partial charge in [0.2, 0.25) is 0 Å². The highest BCUT2D eigenvalue weighted by Gasteiger charge is 2.15. The highest BCUT2D eigenvalue weighted by atomic mass is 16.4. The van der Waals surface area contributed by atoms with Gasteiger partial charge in [0.25, 0.3) is 5.91 Å². The second-order valence-corrected chi connectivity index (χ2v) is 7.67. The van der Waals surface area contributed by atoms with E-state index in [1.54, 1.807) is 17.7 Å². The summed E-state index contributed by atoms with van der Waals surface area (Å²) in [4.78, 5) is 32.5. The van der Waals surface area contributed by atoms with Crippen LogP contribution in [0.3, 0.4) is 0 Å². The normalized spacial score (nSPS) is 11.6. The maximum absolute atomic E-state index is 12.8. The average molecular weight is 419 g/mol. The molecule has 8 nitrogen and oxygen atoms in total. The van der Waals surface area contributed by atoms with Gasteiger partial charge in [-0.05, 0) is 49.1 Å². The van der Waals surface area contributed by atoms with Crippen LogP contribution in [-0.2, 0) is 7.05 Å². The van der Waals surface area contributed by atoms with Crippen LogP contribution in [0.4, 0.5) is 5.69 Å². The fourth-order valence-electron chi connectivity index (χ4n) is 3.11. The first-order valence-electron chi connectivity index (χ1n) is 9.84. The molecular weight excluding hydrogens is 394 g/mol. The van der Waals surface area contributed by atoms with E-state index in [1.807, 2.05) is 32.4 Å². The first kappa shape index (κ1) is 21.9. The number of carbonyl (C=O) groups excluding carboxylic acids is 1. The van der Waals surface area contributed by atoms with E-state index in [4.69, 9.17) is 5.11 Å². The Kier molecular flexibility index (Phi) is 6.29. The highest BCUT2D eigenvalue weighted by Crippen LogP contribution is 2.27. The zero-order valence-corrected chi connectivity index (χ0v) is 18.2. The minimum Gasteiger partial charge on any atom is -0.478 e. The Morgan fingerprint density at radius 3 is 2.32 bits per heavy atom. The Morgan fingerprint density at radius 1 is 1.03 bits per heavy atom. The standard InChI is InChI=1S/C23H25N5O3/c1-13(2)20(19-11-26-28(5)12-19)7-16-6-17(9-24-14(16)3)22(29)27-21-8-18(23(30)31)10-25-15(21)4/h6-13H,1-5H3,(H,27,29)(H,30,31)/b20-7+. The van der Waals surface area contributed by atoms with E-state index in [-0.39, 0.29) is 17.4 Å². The van der Waals surface area contributed by atoms with Crippen molar-refractivity contribution in [1.29, 1.82) is 0 Å². The molecule has 0 aliphatic rings. The number of allylic oxidation sites excluding steroid dienone is 1. The molecule has 2 N–H and O–H groups in total. The van der Waals surface area contributed by atoms with Crippen LogP contribution >= 0.6 is 0 Å².